The van der Waals surface area contributed by atoms with E-state index in [-0.39, 0.29) is 0 Å². The highest BCUT2D eigenvalue weighted by Crippen LogP contribution is 2.39. The lowest BCUT2D eigenvalue weighted by molar-refractivity contribution is 0.558. The second-order valence-corrected chi connectivity index (χ2v) is 11.2. The fourth-order valence-corrected chi connectivity index (χ4v) is 3.13. The van der Waals surface area contributed by atoms with Crippen LogP contribution in [0.4, 0.5) is 0 Å². The molecule has 6 nitrogen and oxygen atoms in total. The largest absolute Gasteiger partial charge is 0.289 e. The topological polar surface area (TPSA) is 138 Å². The number of rotatable bonds is 10. The molecule has 0 bridgehead atoms. The summed E-state index contributed by atoms with van der Waals surface area (Å²) in [6.45, 7) is 0. The highest BCUT2D eigenvalue weighted by molar-refractivity contribution is 7.91. The zero-order valence-electron chi connectivity index (χ0n) is 11.0. The molecule has 2 unspecified atom stereocenters. The number of nitrogens with two attached hydrogens (primary N) is 4. The fourth-order valence-electron chi connectivity index (χ4n) is 1.59. The van der Waals surface area contributed by atoms with E-state index in [1.807, 2.05) is 0 Å². The smallest absolute Gasteiger partial charge is 0.218 e. The standard InChI is InChI=1S/C9H26N4O2P2S2/c10-16(11,14)8(18)6-4-2-1-3-5-7-9(19)17(12,13)15/h8-9,18-19H,1-7H2,(H4,10,11,14)(H4,12,13,15). The van der Waals surface area contributed by atoms with Gasteiger partial charge in [0.05, 0.1) is 9.98 Å². The third kappa shape index (κ3) is 10.4. The third-order valence-electron chi connectivity index (χ3n) is 2.86. The van der Waals surface area contributed by atoms with Gasteiger partial charge in [-0.25, -0.2) is 0 Å². The van der Waals surface area contributed by atoms with Crippen LogP contribution in [0.2, 0.25) is 0 Å². The maximum absolute atomic E-state index is 11.3. The summed E-state index contributed by atoms with van der Waals surface area (Å²) in [7, 11) is -6.11. The summed E-state index contributed by atoms with van der Waals surface area (Å²) in [6, 6.07) is 0. The molecule has 0 radical (unpaired) electrons. The summed E-state index contributed by atoms with van der Waals surface area (Å²) in [6.07, 6.45) is 6.12. The third-order valence-corrected chi connectivity index (χ3v) is 7.92. The van der Waals surface area contributed by atoms with Crippen molar-refractivity contribution >= 4 is 40.1 Å². The van der Waals surface area contributed by atoms with Crippen molar-refractivity contribution < 1.29 is 9.13 Å². The fraction of sp³-hybridized carbons (Fsp3) is 1.00. The molecular formula is C9H26N4O2P2S2. The Kier molecular flexibility index (Phi) is 9.59. The lowest BCUT2D eigenvalue weighted by Gasteiger charge is -2.15. The van der Waals surface area contributed by atoms with Crippen LogP contribution >= 0.6 is 40.1 Å². The van der Waals surface area contributed by atoms with Crippen LogP contribution in [0.3, 0.4) is 0 Å². The minimum atomic E-state index is -3.05. The van der Waals surface area contributed by atoms with E-state index in [9.17, 15) is 9.13 Å². The monoisotopic (exact) mass is 348 g/mol. The van der Waals surface area contributed by atoms with E-state index in [0.717, 1.165) is 32.1 Å². The molecule has 0 aliphatic rings. The Morgan fingerprint density at radius 3 is 1.21 bits per heavy atom. The van der Waals surface area contributed by atoms with Crippen LogP contribution in [0.15, 0.2) is 0 Å². The van der Waals surface area contributed by atoms with E-state index in [1.165, 1.54) is 0 Å². The van der Waals surface area contributed by atoms with Crippen molar-refractivity contribution in [2.45, 2.75) is 54.9 Å². The van der Waals surface area contributed by atoms with Gasteiger partial charge in [0.25, 0.3) is 0 Å². The number of hydrogen-bond acceptors (Lipinski definition) is 4. The Morgan fingerprint density at radius 1 is 0.684 bits per heavy atom. The summed E-state index contributed by atoms with van der Waals surface area (Å²) in [4.78, 5) is -0.843. The minimum absolute atomic E-state index is 0.422. The molecule has 0 saturated heterocycles. The van der Waals surface area contributed by atoms with Crippen LogP contribution in [0.25, 0.3) is 0 Å². The molecule has 0 aromatic rings. The Labute approximate surface area is 126 Å². The Hall–Kier alpha value is 1.00. The van der Waals surface area contributed by atoms with Crippen molar-refractivity contribution in [2.24, 2.45) is 22.0 Å². The van der Waals surface area contributed by atoms with Gasteiger partial charge < -0.3 is 0 Å². The first-order chi connectivity index (χ1) is 8.55. The Balaban J connectivity index is 3.52. The van der Waals surface area contributed by atoms with Crippen LogP contribution in [0.1, 0.15) is 44.9 Å². The van der Waals surface area contributed by atoms with Gasteiger partial charge in [0, 0.05) is 0 Å². The van der Waals surface area contributed by atoms with Crippen LogP contribution < -0.4 is 22.0 Å². The Bertz CT molecular complexity index is 315. The quantitative estimate of drug-likeness (QED) is 0.204. The summed E-state index contributed by atoms with van der Waals surface area (Å²) in [5.74, 6) is 0. The molecule has 116 valence electrons. The van der Waals surface area contributed by atoms with E-state index in [0.29, 0.717) is 12.8 Å². The van der Waals surface area contributed by atoms with Crippen LogP contribution in [-0.2, 0) is 9.13 Å². The van der Waals surface area contributed by atoms with E-state index in [1.54, 1.807) is 0 Å². The van der Waals surface area contributed by atoms with Gasteiger partial charge in [0.2, 0.25) is 14.9 Å². The van der Waals surface area contributed by atoms with Crippen LogP contribution in [-0.4, -0.2) is 9.98 Å². The maximum atomic E-state index is 11.3. The molecule has 0 aliphatic heterocycles. The molecular weight excluding hydrogens is 322 g/mol. The highest BCUT2D eigenvalue weighted by Gasteiger charge is 2.20. The zero-order valence-corrected chi connectivity index (χ0v) is 14.6. The first kappa shape index (κ1) is 20.0. The van der Waals surface area contributed by atoms with Gasteiger partial charge in [0.15, 0.2) is 0 Å². The molecule has 8 N–H and O–H groups in total. The minimum Gasteiger partial charge on any atom is -0.289 e. The van der Waals surface area contributed by atoms with Crippen molar-refractivity contribution in [3.63, 3.8) is 0 Å². The molecule has 0 aromatic carbocycles. The summed E-state index contributed by atoms with van der Waals surface area (Å²) in [5.41, 5.74) is 21.3. The van der Waals surface area contributed by atoms with Crippen molar-refractivity contribution in [1.29, 1.82) is 0 Å². The van der Waals surface area contributed by atoms with Gasteiger partial charge in [-0.3, -0.25) is 31.1 Å². The molecule has 19 heavy (non-hydrogen) atoms. The molecule has 0 saturated carbocycles. The van der Waals surface area contributed by atoms with Crippen molar-refractivity contribution in [3.05, 3.63) is 0 Å². The molecule has 0 aliphatic carbocycles. The average molecular weight is 348 g/mol. The summed E-state index contributed by atoms with van der Waals surface area (Å²) >= 11 is 8.26. The van der Waals surface area contributed by atoms with Gasteiger partial charge in [-0.2, -0.15) is 25.3 Å². The Morgan fingerprint density at radius 2 is 0.947 bits per heavy atom. The molecule has 0 fully saturated rings. The molecule has 0 rings (SSSR count). The second-order valence-electron chi connectivity index (χ2n) is 4.83. The number of thiol groups is 2. The maximum Gasteiger partial charge on any atom is 0.218 e. The lowest BCUT2D eigenvalue weighted by Crippen LogP contribution is -2.15. The molecule has 0 aromatic heterocycles. The van der Waals surface area contributed by atoms with E-state index in [4.69, 9.17) is 22.0 Å². The molecule has 0 amide bonds. The van der Waals surface area contributed by atoms with Crippen LogP contribution in [0.5, 0.6) is 0 Å². The van der Waals surface area contributed by atoms with Gasteiger partial charge in [0.1, 0.15) is 0 Å². The first-order valence-electron chi connectivity index (χ1n) is 6.25. The van der Waals surface area contributed by atoms with Gasteiger partial charge in [-0.15, -0.1) is 0 Å². The summed E-state index contributed by atoms with van der Waals surface area (Å²) in [5, 5.41) is 0. The predicted molar refractivity (Wildman–Crippen MR) is 89.8 cm³/mol. The van der Waals surface area contributed by atoms with Crippen molar-refractivity contribution in [3.8, 4) is 0 Å². The molecule has 2 atom stereocenters. The SMILES string of the molecule is NP(N)(=O)C(S)CCCCCCCC(S)P(N)(N)=O. The average Bonchev–Trinajstić information content (AvgIpc) is 2.24. The zero-order chi connectivity index (χ0) is 15.1. The van der Waals surface area contributed by atoms with Gasteiger partial charge in [-0.05, 0) is 12.8 Å². The normalized spacial score (nSPS) is 16.3. The first-order valence-corrected chi connectivity index (χ1v) is 11.1. The van der Waals surface area contributed by atoms with E-state index < -0.39 is 24.9 Å². The highest BCUT2D eigenvalue weighted by atomic mass is 32.1. The van der Waals surface area contributed by atoms with Crippen LogP contribution in [0, 0.1) is 0 Å². The summed E-state index contributed by atoms with van der Waals surface area (Å²) < 4.78 is 22.5. The second kappa shape index (κ2) is 9.11. The van der Waals surface area contributed by atoms with Gasteiger partial charge in [-0.1, -0.05) is 32.1 Å². The molecule has 10 heteroatoms. The van der Waals surface area contributed by atoms with Crippen molar-refractivity contribution in [1.82, 2.24) is 0 Å². The number of hydrogen-bond donors (Lipinski definition) is 6. The van der Waals surface area contributed by atoms with Gasteiger partial charge >= 0.3 is 0 Å². The molecule has 0 heterocycles. The van der Waals surface area contributed by atoms with Crippen molar-refractivity contribution in [2.75, 3.05) is 0 Å². The predicted octanol–water partition coefficient (Wildman–Crippen LogP) is 2.45. The lowest BCUT2D eigenvalue weighted by atomic mass is 10.1. The van der Waals surface area contributed by atoms with E-state index >= 15 is 0 Å². The molecule has 0 spiro atoms. The van der Waals surface area contributed by atoms with E-state index in [2.05, 4.69) is 25.3 Å². The number of unbranched alkanes of at least 4 members (excludes halogenated alkanes) is 4.